The molecule has 26 heavy (non-hydrogen) atoms. The van der Waals surface area contributed by atoms with Gasteiger partial charge in [0.25, 0.3) is 0 Å². The zero-order valence-electron chi connectivity index (χ0n) is 14.7. The van der Waals surface area contributed by atoms with Crippen LogP contribution >= 0.6 is 11.8 Å². The lowest BCUT2D eigenvalue weighted by Crippen LogP contribution is -2.37. The van der Waals surface area contributed by atoms with Crippen LogP contribution in [0.5, 0.6) is 0 Å². The van der Waals surface area contributed by atoms with E-state index < -0.39 is 9.84 Å². The van der Waals surface area contributed by atoms with Gasteiger partial charge in [-0.1, -0.05) is 55.6 Å². The Bertz CT molecular complexity index is 801. The van der Waals surface area contributed by atoms with Gasteiger partial charge in [0.2, 0.25) is 5.91 Å². The number of thioether (sulfide) groups is 1. The fraction of sp³-hybridized carbons (Fsp3) is 0.579. The number of amidine groups is 1. The zero-order valence-corrected chi connectivity index (χ0v) is 16.3. The molecule has 140 valence electrons. The monoisotopic (exact) mass is 392 g/mol. The second-order valence-electron chi connectivity index (χ2n) is 7.48. The van der Waals surface area contributed by atoms with E-state index in [0.29, 0.717) is 17.5 Å². The molecule has 0 bridgehead atoms. The fourth-order valence-electron chi connectivity index (χ4n) is 4.24. The minimum atomic E-state index is -3.02. The van der Waals surface area contributed by atoms with Crippen LogP contribution in [0, 0.1) is 5.92 Å². The number of hydrogen-bond donors (Lipinski definition) is 0. The zero-order chi connectivity index (χ0) is 18.1. The summed E-state index contributed by atoms with van der Waals surface area (Å²) in [6.07, 6.45) is 6.44. The number of fused-ring (bicyclic) bond motifs is 1. The summed E-state index contributed by atoms with van der Waals surface area (Å²) in [6, 6.07) is 9.55. The molecule has 1 aromatic rings. The van der Waals surface area contributed by atoms with Crippen molar-refractivity contribution in [3.8, 4) is 0 Å². The number of amides is 1. The van der Waals surface area contributed by atoms with Gasteiger partial charge in [0.05, 0.1) is 17.5 Å². The molecule has 0 unspecified atom stereocenters. The molecule has 5 nitrogen and oxygen atoms in total. The normalized spacial score (nSPS) is 29.4. The molecule has 2 heterocycles. The molecule has 2 saturated heterocycles. The van der Waals surface area contributed by atoms with Gasteiger partial charge in [-0.25, -0.2) is 8.42 Å². The summed E-state index contributed by atoms with van der Waals surface area (Å²) < 4.78 is 24.1. The van der Waals surface area contributed by atoms with Crippen molar-refractivity contribution in [2.75, 3.05) is 16.4 Å². The van der Waals surface area contributed by atoms with Crippen LogP contribution in [-0.2, 0) is 14.6 Å². The van der Waals surface area contributed by atoms with Crippen molar-refractivity contribution in [2.45, 2.75) is 49.8 Å². The van der Waals surface area contributed by atoms with Crippen molar-refractivity contribution in [3.63, 3.8) is 0 Å². The van der Waals surface area contributed by atoms with Gasteiger partial charge in [0.15, 0.2) is 15.0 Å². The van der Waals surface area contributed by atoms with E-state index in [9.17, 15) is 13.2 Å². The number of carbonyl (C=O) groups is 1. The van der Waals surface area contributed by atoms with Crippen molar-refractivity contribution in [1.82, 2.24) is 0 Å². The molecule has 3 aliphatic rings. The molecule has 2 atom stereocenters. The third-order valence-corrected chi connectivity index (χ3v) is 8.77. The molecule has 0 aromatic heterocycles. The summed E-state index contributed by atoms with van der Waals surface area (Å²) in [7, 11) is -3.02. The summed E-state index contributed by atoms with van der Waals surface area (Å²) in [5, 5.41) is 0.624. The summed E-state index contributed by atoms with van der Waals surface area (Å²) in [6.45, 7) is 0. The van der Waals surface area contributed by atoms with E-state index in [2.05, 4.69) is 4.99 Å². The number of anilines is 1. The highest BCUT2D eigenvalue weighted by Crippen LogP contribution is 2.41. The maximum atomic E-state index is 12.4. The summed E-state index contributed by atoms with van der Waals surface area (Å²) in [5.74, 6) is 0.892. The molecule has 0 N–H and O–H groups in total. The van der Waals surface area contributed by atoms with Crippen molar-refractivity contribution in [1.29, 1.82) is 0 Å². The van der Waals surface area contributed by atoms with Gasteiger partial charge in [-0.3, -0.25) is 4.79 Å². The molecule has 1 amide bonds. The SMILES string of the molecule is O=C(CCC1CCCC1)N=C1S[C@H]2CS(=O)(=O)C[C@@H]2N1c1ccccc1. The number of sulfone groups is 1. The number of rotatable bonds is 4. The number of nitrogens with zero attached hydrogens (tertiary/aromatic N) is 2. The van der Waals surface area contributed by atoms with Crippen molar-refractivity contribution in [2.24, 2.45) is 10.9 Å². The lowest BCUT2D eigenvalue weighted by atomic mass is 10.0. The van der Waals surface area contributed by atoms with Crippen LogP contribution in [0.4, 0.5) is 5.69 Å². The van der Waals surface area contributed by atoms with E-state index in [1.54, 1.807) is 0 Å². The van der Waals surface area contributed by atoms with E-state index in [-0.39, 0.29) is 28.7 Å². The van der Waals surface area contributed by atoms with Gasteiger partial charge >= 0.3 is 0 Å². The lowest BCUT2D eigenvalue weighted by molar-refractivity contribution is -0.118. The molecule has 1 aromatic carbocycles. The van der Waals surface area contributed by atoms with Crippen LogP contribution in [0.15, 0.2) is 35.3 Å². The Morgan fingerprint density at radius 1 is 1.15 bits per heavy atom. The van der Waals surface area contributed by atoms with E-state index in [0.717, 1.165) is 12.1 Å². The van der Waals surface area contributed by atoms with Crippen LogP contribution < -0.4 is 4.90 Å². The summed E-state index contributed by atoms with van der Waals surface area (Å²) in [4.78, 5) is 18.8. The third-order valence-electron chi connectivity index (χ3n) is 5.56. The largest absolute Gasteiger partial charge is 0.316 e. The quantitative estimate of drug-likeness (QED) is 0.787. The molecule has 4 rings (SSSR count). The minimum Gasteiger partial charge on any atom is -0.316 e. The average molecular weight is 393 g/mol. The van der Waals surface area contributed by atoms with Crippen LogP contribution in [0.2, 0.25) is 0 Å². The Morgan fingerprint density at radius 3 is 2.62 bits per heavy atom. The first-order valence-electron chi connectivity index (χ1n) is 9.35. The smallest absolute Gasteiger partial charge is 0.248 e. The molecular weight excluding hydrogens is 368 g/mol. The Balaban J connectivity index is 1.53. The Hall–Kier alpha value is -1.34. The Kier molecular flexibility index (Phi) is 5.10. The molecule has 1 aliphatic carbocycles. The van der Waals surface area contributed by atoms with Crippen molar-refractivity contribution >= 4 is 38.4 Å². The second-order valence-corrected chi connectivity index (χ2v) is 10.8. The topological polar surface area (TPSA) is 66.8 Å². The fourth-order valence-corrected chi connectivity index (χ4v) is 8.18. The maximum absolute atomic E-state index is 12.4. The lowest BCUT2D eigenvalue weighted by Gasteiger charge is -2.24. The molecule has 1 saturated carbocycles. The Labute approximate surface area is 159 Å². The number of benzene rings is 1. The highest BCUT2D eigenvalue weighted by molar-refractivity contribution is 8.16. The molecule has 2 aliphatic heterocycles. The van der Waals surface area contributed by atoms with E-state index in [4.69, 9.17) is 0 Å². The van der Waals surface area contributed by atoms with Gasteiger partial charge in [-0.15, -0.1) is 0 Å². The molecule has 0 spiro atoms. The highest BCUT2D eigenvalue weighted by atomic mass is 32.2. The van der Waals surface area contributed by atoms with Crippen LogP contribution in [0.25, 0.3) is 0 Å². The third kappa shape index (κ3) is 3.83. The van der Waals surface area contributed by atoms with Crippen molar-refractivity contribution in [3.05, 3.63) is 30.3 Å². The van der Waals surface area contributed by atoms with Gasteiger partial charge in [0.1, 0.15) is 0 Å². The van der Waals surface area contributed by atoms with Gasteiger partial charge in [-0.05, 0) is 24.5 Å². The minimum absolute atomic E-state index is 0.0402. The highest BCUT2D eigenvalue weighted by Gasteiger charge is 2.49. The van der Waals surface area contributed by atoms with Crippen LogP contribution in [-0.4, -0.2) is 42.3 Å². The van der Waals surface area contributed by atoms with Gasteiger partial charge in [-0.2, -0.15) is 4.99 Å². The predicted molar refractivity (Wildman–Crippen MR) is 106 cm³/mol. The average Bonchev–Trinajstić information content (AvgIpc) is 3.28. The summed E-state index contributed by atoms with van der Waals surface area (Å²) >= 11 is 1.45. The van der Waals surface area contributed by atoms with Gasteiger partial charge < -0.3 is 4.90 Å². The number of hydrogen-bond acceptors (Lipinski definition) is 4. The van der Waals surface area contributed by atoms with E-state index in [1.807, 2.05) is 35.2 Å². The molecular formula is C19H24N2O3S2. The number of aliphatic imine (C=N–C) groups is 1. The Morgan fingerprint density at radius 2 is 1.88 bits per heavy atom. The first-order valence-corrected chi connectivity index (χ1v) is 12.0. The number of para-hydroxylation sites is 1. The van der Waals surface area contributed by atoms with E-state index in [1.165, 1.54) is 37.4 Å². The molecule has 7 heteroatoms. The van der Waals surface area contributed by atoms with Crippen LogP contribution in [0.1, 0.15) is 38.5 Å². The first kappa shape index (κ1) is 18.0. The number of carbonyl (C=O) groups excluding carboxylic acids is 1. The van der Waals surface area contributed by atoms with E-state index >= 15 is 0 Å². The molecule has 3 fully saturated rings. The van der Waals surface area contributed by atoms with Crippen molar-refractivity contribution < 1.29 is 13.2 Å². The summed E-state index contributed by atoms with van der Waals surface area (Å²) in [5.41, 5.74) is 0.909. The first-order chi connectivity index (χ1) is 12.5. The predicted octanol–water partition coefficient (Wildman–Crippen LogP) is 3.26. The standard InChI is InChI=1S/C19H24N2O3S2/c22-18(11-10-14-6-4-5-7-14)20-19-21(15-8-2-1-3-9-15)16-12-26(23,24)13-17(16)25-19/h1-3,8-9,14,16-17H,4-7,10-13H2/t16-,17-/m0/s1. The second kappa shape index (κ2) is 7.35. The maximum Gasteiger partial charge on any atom is 0.248 e. The van der Waals surface area contributed by atoms with Gasteiger partial charge in [0, 0.05) is 17.4 Å². The molecule has 0 radical (unpaired) electrons. The van der Waals surface area contributed by atoms with Crippen LogP contribution in [0.3, 0.4) is 0 Å².